The monoisotopic (exact) mass is 602 g/mol. The zero-order chi connectivity index (χ0) is 30.8. The van der Waals surface area contributed by atoms with Gasteiger partial charge in [0.1, 0.15) is 0 Å². The molecular formula is C38H67NO4. The molecule has 0 radical (unpaired) electrons. The molecule has 0 spiro atoms. The van der Waals surface area contributed by atoms with E-state index >= 15 is 0 Å². The molecule has 5 heteroatoms. The lowest BCUT2D eigenvalue weighted by Gasteiger charge is -2.42. The number of unbranched alkanes of at least 4 members (excludes halogenated alkanes) is 12. The van der Waals surface area contributed by atoms with Crippen molar-refractivity contribution in [2.75, 3.05) is 33.4 Å². The van der Waals surface area contributed by atoms with E-state index in [9.17, 15) is 4.79 Å². The van der Waals surface area contributed by atoms with Crippen LogP contribution in [0.5, 0.6) is 0 Å². The topological polar surface area (TPSA) is 48.0 Å². The Labute approximate surface area is 265 Å². The highest BCUT2D eigenvalue weighted by Gasteiger charge is 2.33. The van der Waals surface area contributed by atoms with Gasteiger partial charge in [-0.25, -0.2) is 0 Å². The van der Waals surface area contributed by atoms with Crippen molar-refractivity contribution in [3.8, 4) is 0 Å². The third-order valence-electron chi connectivity index (χ3n) is 9.29. The molecule has 248 valence electrons. The van der Waals surface area contributed by atoms with Crippen LogP contribution in [0, 0.1) is 5.92 Å². The minimum absolute atomic E-state index is 0.00369. The van der Waals surface area contributed by atoms with Gasteiger partial charge in [-0.1, -0.05) is 128 Å². The molecule has 0 bridgehead atoms. The molecule has 0 aliphatic heterocycles. The molecule has 0 unspecified atom stereocenters. The lowest BCUT2D eigenvalue weighted by molar-refractivity contribution is -0.145. The number of hydrogen-bond acceptors (Lipinski definition) is 5. The fourth-order valence-corrected chi connectivity index (χ4v) is 6.23. The highest BCUT2D eigenvalue weighted by atomic mass is 16.5. The second-order valence-corrected chi connectivity index (χ2v) is 13.0. The van der Waals surface area contributed by atoms with E-state index < -0.39 is 0 Å². The number of hydrogen-bond donors (Lipinski definition) is 0. The van der Waals surface area contributed by atoms with Crippen LogP contribution in [0.25, 0.3) is 0 Å². The number of methoxy groups -OCH3 is 1. The number of esters is 1. The second kappa shape index (κ2) is 25.9. The van der Waals surface area contributed by atoms with E-state index in [0.29, 0.717) is 37.7 Å². The SMILES string of the molecule is CCCCCCCCC(CCCCCCCC)COC(=O)CCCCCN(CCOCc1ccccc1)C1CC(OC)C1. The van der Waals surface area contributed by atoms with Crippen molar-refractivity contribution in [1.82, 2.24) is 4.90 Å². The molecule has 1 aliphatic rings. The zero-order valence-electron chi connectivity index (χ0n) is 28.4. The minimum atomic E-state index is 0.00369. The van der Waals surface area contributed by atoms with Gasteiger partial charge in [0.2, 0.25) is 0 Å². The molecule has 1 aromatic carbocycles. The summed E-state index contributed by atoms with van der Waals surface area (Å²) in [7, 11) is 1.82. The molecule has 0 N–H and O–H groups in total. The van der Waals surface area contributed by atoms with Gasteiger partial charge in [-0.3, -0.25) is 9.69 Å². The van der Waals surface area contributed by atoms with Crippen LogP contribution >= 0.6 is 0 Å². The Morgan fingerprint density at radius 1 is 0.791 bits per heavy atom. The second-order valence-electron chi connectivity index (χ2n) is 13.0. The predicted octanol–water partition coefficient (Wildman–Crippen LogP) is 9.90. The quantitative estimate of drug-likeness (QED) is 0.0675. The van der Waals surface area contributed by atoms with Crippen LogP contribution in [0.4, 0.5) is 0 Å². The summed E-state index contributed by atoms with van der Waals surface area (Å²) in [6.07, 6.45) is 24.6. The van der Waals surface area contributed by atoms with E-state index in [-0.39, 0.29) is 5.97 Å². The fourth-order valence-electron chi connectivity index (χ4n) is 6.23. The molecule has 1 aromatic rings. The van der Waals surface area contributed by atoms with Crippen LogP contribution in [-0.2, 0) is 25.6 Å². The first-order chi connectivity index (χ1) is 21.2. The molecule has 1 fully saturated rings. The summed E-state index contributed by atoms with van der Waals surface area (Å²) >= 11 is 0. The number of nitrogens with zero attached hydrogens (tertiary/aromatic N) is 1. The van der Waals surface area contributed by atoms with E-state index in [1.165, 1.54) is 95.5 Å². The summed E-state index contributed by atoms with van der Waals surface area (Å²) in [5.41, 5.74) is 1.22. The Hall–Kier alpha value is -1.43. The summed E-state index contributed by atoms with van der Waals surface area (Å²) < 4.78 is 17.4. The van der Waals surface area contributed by atoms with Gasteiger partial charge < -0.3 is 14.2 Å². The number of ether oxygens (including phenoxy) is 3. The number of carbonyl (C=O) groups excluding carboxylic acids is 1. The maximum absolute atomic E-state index is 12.6. The summed E-state index contributed by atoms with van der Waals surface area (Å²) in [5, 5.41) is 0. The van der Waals surface area contributed by atoms with E-state index in [4.69, 9.17) is 14.2 Å². The van der Waals surface area contributed by atoms with Crippen LogP contribution in [0.3, 0.4) is 0 Å². The predicted molar refractivity (Wildman–Crippen MR) is 180 cm³/mol. The molecule has 0 amide bonds. The summed E-state index contributed by atoms with van der Waals surface area (Å²) in [4.78, 5) is 15.2. The van der Waals surface area contributed by atoms with Gasteiger partial charge >= 0.3 is 5.97 Å². The fraction of sp³-hybridized carbons (Fsp3) is 0.816. The number of rotatable bonds is 29. The lowest BCUT2D eigenvalue weighted by Crippen LogP contribution is -2.49. The summed E-state index contributed by atoms with van der Waals surface area (Å²) in [6, 6.07) is 11.0. The van der Waals surface area contributed by atoms with Crippen molar-refractivity contribution >= 4 is 5.97 Å². The number of benzene rings is 1. The Morgan fingerprint density at radius 2 is 1.40 bits per heavy atom. The van der Waals surface area contributed by atoms with Crippen molar-refractivity contribution in [2.45, 2.75) is 161 Å². The first kappa shape index (κ1) is 37.8. The normalized spacial score (nSPS) is 16.6. The number of carbonyl (C=O) groups is 1. The lowest BCUT2D eigenvalue weighted by atomic mass is 9.87. The highest BCUT2D eigenvalue weighted by molar-refractivity contribution is 5.69. The molecule has 0 heterocycles. The van der Waals surface area contributed by atoms with Crippen molar-refractivity contribution in [3.63, 3.8) is 0 Å². The van der Waals surface area contributed by atoms with Crippen molar-refractivity contribution in [1.29, 1.82) is 0 Å². The average Bonchev–Trinajstić information content (AvgIpc) is 3.00. The first-order valence-corrected chi connectivity index (χ1v) is 18.2. The van der Waals surface area contributed by atoms with E-state index in [1.807, 2.05) is 13.2 Å². The molecule has 0 atom stereocenters. The van der Waals surface area contributed by atoms with Crippen LogP contribution in [0.2, 0.25) is 0 Å². The largest absolute Gasteiger partial charge is 0.465 e. The Bertz CT molecular complexity index is 750. The molecule has 1 saturated carbocycles. The molecular weight excluding hydrogens is 534 g/mol. The summed E-state index contributed by atoms with van der Waals surface area (Å²) in [6.45, 7) is 8.60. The molecule has 0 aromatic heterocycles. The van der Waals surface area contributed by atoms with Gasteiger partial charge in [0.25, 0.3) is 0 Å². The van der Waals surface area contributed by atoms with Gasteiger partial charge in [-0.2, -0.15) is 0 Å². The molecule has 2 rings (SSSR count). The van der Waals surface area contributed by atoms with Crippen LogP contribution < -0.4 is 0 Å². The Balaban J connectivity index is 1.62. The third kappa shape index (κ3) is 18.9. The molecule has 0 saturated heterocycles. The minimum Gasteiger partial charge on any atom is -0.465 e. The Kier molecular flexibility index (Phi) is 22.7. The molecule has 1 aliphatic carbocycles. The van der Waals surface area contributed by atoms with Crippen molar-refractivity contribution in [3.05, 3.63) is 35.9 Å². The van der Waals surface area contributed by atoms with Gasteiger partial charge in [0.05, 0.1) is 25.9 Å². The first-order valence-electron chi connectivity index (χ1n) is 18.2. The highest BCUT2D eigenvalue weighted by Crippen LogP contribution is 2.28. The molecule has 5 nitrogen and oxygen atoms in total. The standard InChI is InChI=1S/C38H67NO4/c1-4-6-8-10-12-16-24-35(25-17-13-11-9-7-5-2)33-43-38(40)26-20-15-21-27-39(36-30-37(31-36)41-3)28-29-42-32-34-22-18-14-19-23-34/h14,18-19,22-23,35-37H,4-13,15-17,20-21,24-33H2,1-3H3. The van der Waals surface area contributed by atoms with Gasteiger partial charge in [-0.15, -0.1) is 0 Å². The van der Waals surface area contributed by atoms with Gasteiger partial charge in [-0.05, 0) is 56.6 Å². The van der Waals surface area contributed by atoms with Gasteiger partial charge in [0.15, 0.2) is 0 Å². The maximum Gasteiger partial charge on any atom is 0.305 e. The van der Waals surface area contributed by atoms with E-state index in [1.54, 1.807) is 0 Å². The van der Waals surface area contributed by atoms with Gasteiger partial charge in [0, 0.05) is 26.1 Å². The van der Waals surface area contributed by atoms with Crippen LogP contribution in [-0.4, -0.2) is 56.4 Å². The molecule has 43 heavy (non-hydrogen) atoms. The summed E-state index contributed by atoms with van der Waals surface area (Å²) in [5.74, 6) is 0.543. The van der Waals surface area contributed by atoms with Crippen LogP contribution in [0.1, 0.15) is 148 Å². The van der Waals surface area contributed by atoms with Crippen molar-refractivity contribution < 1.29 is 19.0 Å². The maximum atomic E-state index is 12.6. The van der Waals surface area contributed by atoms with Crippen molar-refractivity contribution in [2.24, 2.45) is 5.92 Å². The Morgan fingerprint density at radius 3 is 2.02 bits per heavy atom. The van der Waals surface area contributed by atoms with E-state index in [0.717, 1.165) is 51.8 Å². The smallest absolute Gasteiger partial charge is 0.305 e. The van der Waals surface area contributed by atoms with Crippen LogP contribution in [0.15, 0.2) is 30.3 Å². The van der Waals surface area contributed by atoms with E-state index in [2.05, 4.69) is 43.0 Å². The average molecular weight is 602 g/mol. The zero-order valence-corrected chi connectivity index (χ0v) is 28.4. The third-order valence-corrected chi connectivity index (χ3v) is 9.29.